The third-order valence-electron chi connectivity index (χ3n) is 2.85. The summed E-state index contributed by atoms with van der Waals surface area (Å²) >= 11 is 0. The summed E-state index contributed by atoms with van der Waals surface area (Å²) in [5, 5.41) is 0. The van der Waals surface area contributed by atoms with Gasteiger partial charge in [0.1, 0.15) is 5.82 Å². The summed E-state index contributed by atoms with van der Waals surface area (Å²) in [7, 11) is 0. The summed E-state index contributed by atoms with van der Waals surface area (Å²) in [5.74, 6) is -0.129. The van der Waals surface area contributed by atoms with E-state index in [9.17, 15) is 4.39 Å². The average molecular weight is 214 g/mol. The Kier molecular flexibility index (Phi) is 2.78. The van der Waals surface area contributed by atoms with Crippen molar-refractivity contribution >= 4 is 0 Å². The van der Waals surface area contributed by atoms with Crippen LogP contribution in [0.1, 0.15) is 16.7 Å². The smallest absolute Gasteiger partial charge is 0.126 e. The minimum Gasteiger partial charge on any atom is -0.207 e. The Morgan fingerprint density at radius 3 is 2.06 bits per heavy atom. The van der Waals surface area contributed by atoms with Crippen LogP contribution in [-0.4, -0.2) is 0 Å². The molecule has 0 saturated heterocycles. The normalized spacial score (nSPS) is 10.5. The lowest BCUT2D eigenvalue weighted by molar-refractivity contribution is 0.618. The zero-order chi connectivity index (χ0) is 11.7. The summed E-state index contributed by atoms with van der Waals surface area (Å²) in [6.45, 7) is 5.79. The number of aryl methyl sites for hydroxylation is 2. The highest BCUT2D eigenvalue weighted by Gasteiger charge is 2.07. The monoisotopic (exact) mass is 214 g/mol. The third-order valence-corrected chi connectivity index (χ3v) is 2.85. The van der Waals surface area contributed by atoms with Crippen LogP contribution < -0.4 is 0 Å². The second kappa shape index (κ2) is 4.09. The van der Waals surface area contributed by atoms with Crippen molar-refractivity contribution in [3.63, 3.8) is 0 Å². The van der Waals surface area contributed by atoms with Gasteiger partial charge in [-0.15, -0.1) is 0 Å². The van der Waals surface area contributed by atoms with Gasteiger partial charge < -0.3 is 0 Å². The van der Waals surface area contributed by atoms with E-state index in [1.54, 1.807) is 6.07 Å². The van der Waals surface area contributed by atoms with Crippen LogP contribution in [0.25, 0.3) is 11.1 Å². The lowest BCUT2D eigenvalue weighted by Crippen LogP contribution is -1.90. The van der Waals surface area contributed by atoms with Crippen molar-refractivity contribution in [1.29, 1.82) is 0 Å². The summed E-state index contributed by atoms with van der Waals surface area (Å²) in [6, 6.07) is 11.8. The fraction of sp³-hybridized carbons (Fsp3) is 0.200. The van der Waals surface area contributed by atoms with E-state index in [2.05, 4.69) is 12.1 Å². The third kappa shape index (κ3) is 1.99. The van der Waals surface area contributed by atoms with E-state index in [4.69, 9.17) is 0 Å². The summed E-state index contributed by atoms with van der Waals surface area (Å²) in [4.78, 5) is 0. The molecule has 2 rings (SSSR count). The minimum atomic E-state index is -0.129. The van der Waals surface area contributed by atoms with E-state index in [0.717, 1.165) is 22.3 Å². The molecule has 2 aromatic rings. The molecule has 82 valence electrons. The number of halogens is 1. The predicted molar refractivity (Wildman–Crippen MR) is 66.0 cm³/mol. The first kappa shape index (κ1) is 10.9. The van der Waals surface area contributed by atoms with Gasteiger partial charge >= 0.3 is 0 Å². The van der Waals surface area contributed by atoms with Gasteiger partial charge in [0, 0.05) is 0 Å². The van der Waals surface area contributed by atoms with Gasteiger partial charge in [-0.25, -0.2) is 4.39 Å². The predicted octanol–water partition coefficient (Wildman–Crippen LogP) is 4.42. The molecule has 0 unspecified atom stereocenters. The molecule has 0 spiro atoms. The SMILES string of the molecule is Cc1ccc(-c2cc(C)cc(F)c2C)cc1. The lowest BCUT2D eigenvalue weighted by atomic mass is 9.97. The second-order valence-electron chi connectivity index (χ2n) is 4.29. The first-order chi connectivity index (χ1) is 7.58. The Morgan fingerprint density at radius 2 is 1.44 bits per heavy atom. The molecule has 0 fully saturated rings. The Hall–Kier alpha value is -1.63. The molecule has 0 amide bonds. The highest BCUT2D eigenvalue weighted by Crippen LogP contribution is 2.26. The average Bonchev–Trinajstić information content (AvgIpc) is 2.25. The van der Waals surface area contributed by atoms with E-state index < -0.39 is 0 Å². The van der Waals surface area contributed by atoms with Gasteiger partial charge in [0.05, 0.1) is 0 Å². The molecule has 0 aromatic heterocycles. The molecule has 0 aliphatic rings. The summed E-state index contributed by atoms with van der Waals surface area (Å²) < 4.78 is 13.6. The number of hydrogen-bond donors (Lipinski definition) is 0. The van der Waals surface area contributed by atoms with Crippen molar-refractivity contribution in [1.82, 2.24) is 0 Å². The van der Waals surface area contributed by atoms with Gasteiger partial charge in [-0.05, 0) is 49.1 Å². The van der Waals surface area contributed by atoms with Crippen LogP contribution in [0.15, 0.2) is 36.4 Å². The zero-order valence-corrected chi connectivity index (χ0v) is 9.84. The fourth-order valence-electron chi connectivity index (χ4n) is 1.85. The highest BCUT2D eigenvalue weighted by molar-refractivity contribution is 5.68. The van der Waals surface area contributed by atoms with Crippen LogP contribution in [0.3, 0.4) is 0 Å². The van der Waals surface area contributed by atoms with Crippen molar-refractivity contribution in [2.45, 2.75) is 20.8 Å². The summed E-state index contributed by atoms with van der Waals surface area (Å²) in [6.07, 6.45) is 0. The molecule has 0 aliphatic carbocycles. The Labute approximate surface area is 95.7 Å². The number of rotatable bonds is 1. The molecule has 0 nitrogen and oxygen atoms in total. The van der Waals surface area contributed by atoms with Gasteiger partial charge in [-0.1, -0.05) is 35.9 Å². The van der Waals surface area contributed by atoms with Crippen molar-refractivity contribution in [2.24, 2.45) is 0 Å². The molecule has 0 saturated carbocycles. The van der Waals surface area contributed by atoms with E-state index in [1.165, 1.54) is 5.56 Å². The van der Waals surface area contributed by atoms with E-state index in [1.807, 2.05) is 39.0 Å². The number of hydrogen-bond acceptors (Lipinski definition) is 0. The van der Waals surface area contributed by atoms with E-state index in [-0.39, 0.29) is 5.82 Å². The van der Waals surface area contributed by atoms with Crippen LogP contribution in [0.2, 0.25) is 0 Å². The Morgan fingerprint density at radius 1 is 0.812 bits per heavy atom. The largest absolute Gasteiger partial charge is 0.207 e. The van der Waals surface area contributed by atoms with E-state index in [0.29, 0.717) is 0 Å². The molecule has 0 bridgehead atoms. The number of benzene rings is 2. The molecule has 16 heavy (non-hydrogen) atoms. The molecule has 1 heteroatoms. The molecule has 0 radical (unpaired) electrons. The first-order valence-electron chi connectivity index (χ1n) is 5.42. The lowest BCUT2D eigenvalue weighted by Gasteiger charge is -2.09. The highest BCUT2D eigenvalue weighted by atomic mass is 19.1. The first-order valence-corrected chi connectivity index (χ1v) is 5.42. The van der Waals surface area contributed by atoms with Crippen molar-refractivity contribution < 1.29 is 4.39 Å². The fourth-order valence-corrected chi connectivity index (χ4v) is 1.85. The second-order valence-corrected chi connectivity index (χ2v) is 4.29. The minimum absolute atomic E-state index is 0.129. The van der Waals surface area contributed by atoms with Crippen molar-refractivity contribution in [3.05, 3.63) is 58.9 Å². The van der Waals surface area contributed by atoms with Crippen molar-refractivity contribution in [3.8, 4) is 11.1 Å². The maximum atomic E-state index is 13.6. The van der Waals surface area contributed by atoms with Crippen LogP contribution in [0.5, 0.6) is 0 Å². The van der Waals surface area contributed by atoms with Gasteiger partial charge in [0.15, 0.2) is 0 Å². The molecular formula is C15H15F. The molecule has 0 atom stereocenters. The molecule has 0 heterocycles. The topological polar surface area (TPSA) is 0 Å². The van der Waals surface area contributed by atoms with E-state index >= 15 is 0 Å². The summed E-state index contributed by atoms with van der Waals surface area (Å²) in [5.41, 5.74) is 4.95. The molecular weight excluding hydrogens is 199 g/mol. The standard InChI is InChI=1S/C15H15F/c1-10-4-6-13(7-5-10)14-8-11(2)9-15(16)12(14)3/h4-9H,1-3H3. The Balaban J connectivity index is 2.59. The van der Waals surface area contributed by atoms with Crippen LogP contribution in [0.4, 0.5) is 4.39 Å². The molecule has 0 N–H and O–H groups in total. The zero-order valence-electron chi connectivity index (χ0n) is 9.84. The maximum Gasteiger partial charge on any atom is 0.126 e. The van der Waals surface area contributed by atoms with Crippen LogP contribution >= 0.6 is 0 Å². The van der Waals surface area contributed by atoms with Gasteiger partial charge in [0.25, 0.3) is 0 Å². The Bertz CT molecular complexity index is 510. The quantitative estimate of drug-likeness (QED) is 0.659. The molecule has 2 aromatic carbocycles. The van der Waals surface area contributed by atoms with Gasteiger partial charge in [-0.3, -0.25) is 0 Å². The van der Waals surface area contributed by atoms with Crippen molar-refractivity contribution in [2.75, 3.05) is 0 Å². The maximum absolute atomic E-state index is 13.6. The van der Waals surface area contributed by atoms with Crippen LogP contribution in [-0.2, 0) is 0 Å². The van der Waals surface area contributed by atoms with Gasteiger partial charge in [-0.2, -0.15) is 0 Å². The van der Waals surface area contributed by atoms with Gasteiger partial charge in [0.2, 0.25) is 0 Å². The van der Waals surface area contributed by atoms with Crippen LogP contribution in [0, 0.1) is 26.6 Å². The molecule has 0 aliphatic heterocycles.